The van der Waals surface area contributed by atoms with E-state index in [4.69, 9.17) is 9.47 Å². The molecule has 186 valence electrons. The Balaban J connectivity index is 1.94. The van der Waals surface area contributed by atoms with Gasteiger partial charge in [-0.3, -0.25) is 4.90 Å². The lowest BCUT2D eigenvalue weighted by Gasteiger charge is -2.42. The van der Waals surface area contributed by atoms with Gasteiger partial charge < -0.3 is 9.47 Å². The van der Waals surface area contributed by atoms with Gasteiger partial charge in [-0.25, -0.2) is 18.2 Å². The van der Waals surface area contributed by atoms with Gasteiger partial charge in [0.25, 0.3) is 10.0 Å². The third-order valence-electron chi connectivity index (χ3n) is 5.56. The van der Waals surface area contributed by atoms with Crippen molar-refractivity contribution in [2.24, 2.45) is 0 Å². The molecule has 33 heavy (non-hydrogen) atoms. The Kier molecular flexibility index (Phi) is 7.74. The summed E-state index contributed by atoms with van der Waals surface area (Å²) in [4.78, 5) is 14.6. The van der Waals surface area contributed by atoms with E-state index in [2.05, 4.69) is 4.90 Å². The van der Waals surface area contributed by atoms with E-state index in [1.165, 1.54) is 29.3 Å². The number of hydrogen-bond donors (Lipinski definition) is 0. The Morgan fingerprint density at radius 3 is 2.06 bits per heavy atom. The van der Waals surface area contributed by atoms with E-state index in [9.17, 15) is 21.6 Å². The summed E-state index contributed by atoms with van der Waals surface area (Å²) in [5.41, 5.74) is -0.937. The Labute approximate surface area is 196 Å². The molecule has 2 aliphatic heterocycles. The predicted octanol–water partition coefficient (Wildman–Crippen LogP) is 1.73. The Hall–Kier alpha value is -1.73. The van der Waals surface area contributed by atoms with Gasteiger partial charge in [-0.15, -0.1) is 4.41 Å². The number of rotatable bonds is 5. The molecule has 0 atom stereocenters. The highest BCUT2D eigenvalue weighted by Gasteiger charge is 2.41. The minimum atomic E-state index is -4.56. The number of piperidine rings is 1. The van der Waals surface area contributed by atoms with Crippen LogP contribution in [-0.4, -0.2) is 94.5 Å². The van der Waals surface area contributed by atoms with Crippen molar-refractivity contribution in [1.82, 2.24) is 14.3 Å². The monoisotopic (exact) mass is 503 g/mol. The molecular weight excluding hydrogens is 470 g/mol. The molecule has 1 amide bonds. The van der Waals surface area contributed by atoms with E-state index >= 15 is 0 Å². The molecule has 0 saturated carbocycles. The van der Waals surface area contributed by atoms with Crippen molar-refractivity contribution in [1.29, 1.82) is 0 Å². The Morgan fingerprint density at radius 2 is 1.55 bits per heavy atom. The van der Waals surface area contributed by atoms with Crippen LogP contribution in [0.25, 0.3) is 0 Å². The molecule has 0 N–H and O–H groups in total. The number of nitrogens with zero attached hydrogens (tertiary/aromatic N) is 3. The first-order valence-electron chi connectivity index (χ1n) is 10.9. The van der Waals surface area contributed by atoms with Crippen molar-refractivity contribution in [2.45, 2.75) is 55.0 Å². The summed E-state index contributed by atoms with van der Waals surface area (Å²) in [5, 5.41) is 1.44. The zero-order valence-corrected chi connectivity index (χ0v) is 21.2. The highest BCUT2D eigenvalue weighted by Crippen LogP contribution is 2.29. The van der Waals surface area contributed by atoms with Gasteiger partial charge in [-0.1, -0.05) is 12.1 Å². The van der Waals surface area contributed by atoms with Crippen molar-refractivity contribution in [3.05, 3.63) is 24.3 Å². The van der Waals surface area contributed by atoms with Crippen molar-refractivity contribution in [3.8, 4) is 0 Å². The number of benzene rings is 1. The first-order valence-corrected chi connectivity index (χ1v) is 14.3. The van der Waals surface area contributed by atoms with Gasteiger partial charge in [-0.05, 0) is 45.7 Å². The lowest BCUT2D eigenvalue weighted by molar-refractivity contribution is -0.0385. The van der Waals surface area contributed by atoms with Crippen LogP contribution in [0, 0.1) is 0 Å². The van der Waals surface area contributed by atoms with Crippen LogP contribution >= 0.6 is 0 Å². The standard InChI is InChI=1S/C21H33N3O7S2/c1-21(2,3)31-20(25)24(23-11-9-17(10-12-23)22-13-15-30-16-14-22)33(28,29)19-8-6-5-7-18(19)32(4,26)27/h5-8,17H,9-16H2,1-4H3. The highest BCUT2D eigenvalue weighted by molar-refractivity contribution is 7.93. The summed E-state index contributed by atoms with van der Waals surface area (Å²) in [6, 6.07) is 5.56. The summed E-state index contributed by atoms with van der Waals surface area (Å²) in [5.74, 6) is 0. The molecule has 0 spiro atoms. The summed E-state index contributed by atoms with van der Waals surface area (Å²) in [7, 11) is -8.42. The third kappa shape index (κ3) is 6.24. The topological polar surface area (TPSA) is 114 Å². The van der Waals surface area contributed by atoms with E-state index in [0.29, 0.717) is 43.6 Å². The zero-order valence-electron chi connectivity index (χ0n) is 19.6. The van der Waals surface area contributed by atoms with Crippen LogP contribution < -0.4 is 0 Å². The molecule has 1 aromatic rings. The smallest absolute Gasteiger partial charge is 0.439 e. The fourth-order valence-electron chi connectivity index (χ4n) is 4.07. The minimum Gasteiger partial charge on any atom is -0.442 e. The summed E-state index contributed by atoms with van der Waals surface area (Å²) < 4.78 is 63.4. The second-order valence-corrected chi connectivity index (χ2v) is 13.0. The molecule has 0 radical (unpaired) electrons. The van der Waals surface area contributed by atoms with Crippen molar-refractivity contribution in [2.75, 3.05) is 45.6 Å². The maximum Gasteiger partial charge on any atom is 0.439 e. The van der Waals surface area contributed by atoms with Gasteiger partial charge in [-0.2, -0.15) is 8.42 Å². The van der Waals surface area contributed by atoms with Crippen LogP contribution in [-0.2, 0) is 29.3 Å². The summed E-state index contributed by atoms with van der Waals surface area (Å²) in [6.45, 7) is 8.52. The molecule has 1 aromatic carbocycles. The van der Waals surface area contributed by atoms with Crippen molar-refractivity contribution >= 4 is 26.0 Å². The molecule has 2 heterocycles. The number of morpholine rings is 1. The van der Waals surface area contributed by atoms with Gasteiger partial charge in [0.15, 0.2) is 9.84 Å². The average molecular weight is 504 g/mol. The summed E-state index contributed by atoms with van der Waals surface area (Å²) >= 11 is 0. The zero-order chi connectivity index (χ0) is 24.4. The largest absolute Gasteiger partial charge is 0.442 e. The van der Waals surface area contributed by atoms with Crippen LogP contribution in [0.3, 0.4) is 0 Å². The normalized spacial score (nSPS) is 19.9. The molecule has 2 saturated heterocycles. The molecule has 12 heteroatoms. The molecule has 0 aliphatic carbocycles. The Morgan fingerprint density at radius 1 is 1.00 bits per heavy atom. The molecule has 0 unspecified atom stereocenters. The van der Waals surface area contributed by atoms with E-state index in [1.54, 1.807) is 20.8 Å². The van der Waals surface area contributed by atoms with Crippen LogP contribution in [0.15, 0.2) is 34.1 Å². The van der Waals surface area contributed by atoms with Gasteiger partial charge in [0.05, 0.1) is 18.1 Å². The number of carbonyl (C=O) groups excluding carboxylic acids is 1. The predicted molar refractivity (Wildman–Crippen MR) is 122 cm³/mol. The van der Waals surface area contributed by atoms with E-state index < -0.39 is 36.5 Å². The molecule has 10 nitrogen and oxygen atoms in total. The molecule has 2 fully saturated rings. The number of amides is 1. The number of sulfone groups is 1. The summed E-state index contributed by atoms with van der Waals surface area (Å²) in [6.07, 6.45) is 1.19. The number of sulfonamides is 1. The van der Waals surface area contributed by atoms with E-state index in [-0.39, 0.29) is 10.9 Å². The fourth-order valence-corrected chi connectivity index (χ4v) is 7.06. The Bertz CT molecular complexity index is 1050. The van der Waals surface area contributed by atoms with Crippen molar-refractivity contribution < 1.29 is 31.1 Å². The number of hydrogen-bond acceptors (Lipinski definition) is 9. The van der Waals surface area contributed by atoms with Gasteiger partial charge in [0.1, 0.15) is 10.5 Å². The second kappa shape index (κ2) is 9.87. The lowest BCUT2D eigenvalue weighted by atomic mass is 10.0. The van der Waals surface area contributed by atoms with Crippen LogP contribution in [0.5, 0.6) is 0 Å². The van der Waals surface area contributed by atoms with E-state index in [0.717, 1.165) is 19.3 Å². The quantitative estimate of drug-likeness (QED) is 0.593. The van der Waals surface area contributed by atoms with Gasteiger partial charge in [0, 0.05) is 38.5 Å². The second-order valence-electron chi connectivity index (χ2n) is 9.28. The van der Waals surface area contributed by atoms with Crippen LogP contribution in [0.2, 0.25) is 0 Å². The molecule has 0 bridgehead atoms. The van der Waals surface area contributed by atoms with E-state index in [1.807, 2.05) is 0 Å². The van der Waals surface area contributed by atoms with Crippen LogP contribution in [0.4, 0.5) is 4.79 Å². The maximum atomic E-state index is 13.7. The maximum absolute atomic E-state index is 13.7. The third-order valence-corrected chi connectivity index (χ3v) is 8.60. The number of carbonyl (C=O) groups is 1. The molecule has 0 aromatic heterocycles. The van der Waals surface area contributed by atoms with Gasteiger partial charge in [0.2, 0.25) is 0 Å². The number of hydrazine groups is 1. The van der Waals surface area contributed by atoms with Crippen molar-refractivity contribution in [3.63, 3.8) is 0 Å². The fraction of sp³-hybridized carbons (Fsp3) is 0.667. The molecular formula is C21H33N3O7S2. The van der Waals surface area contributed by atoms with Crippen LogP contribution in [0.1, 0.15) is 33.6 Å². The SMILES string of the molecule is CC(C)(C)OC(=O)N(N1CCC(N2CCOCC2)CC1)S(=O)(=O)c1ccccc1S(C)(=O)=O. The van der Waals surface area contributed by atoms with Gasteiger partial charge >= 0.3 is 6.09 Å². The highest BCUT2D eigenvalue weighted by atomic mass is 32.2. The first-order chi connectivity index (χ1) is 15.3. The number of ether oxygens (including phenoxy) is 2. The molecule has 2 aliphatic rings. The first kappa shape index (κ1) is 25.9. The lowest BCUT2D eigenvalue weighted by Crippen LogP contribution is -2.57. The average Bonchev–Trinajstić information content (AvgIpc) is 2.73. The minimum absolute atomic E-state index is 0.261. The molecule has 3 rings (SSSR count).